The Hall–Kier alpha value is -1.59. The normalized spacial score (nSPS) is 36.3. The molecule has 0 aromatic heterocycles. The van der Waals surface area contributed by atoms with Crippen molar-refractivity contribution in [3.63, 3.8) is 0 Å². The van der Waals surface area contributed by atoms with Crippen molar-refractivity contribution in [1.82, 2.24) is 5.32 Å². The Morgan fingerprint density at radius 2 is 0.714 bits per heavy atom. The molecular weight excluding hydrogens is 1710 g/mol. The van der Waals surface area contributed by atoms with Crippen LogP contribution in [0.15, 0.2) is 0 Å². The Morgan fingerprint density at radius 3 is 1.18 bits per heavy atom. The lowest BCUT2D eigenvalue weighted by molar-refractivity contribution is -0.396. The lowest BCUT2D eigenvalue weighted by atomic mass is 9.84. The average molecular weight is 1870 g/mol. The van der Waals surface area contributed by atoms with Crippen molar-refractivity contribution in [2.45, 2.75) is 460 Å². The van der Waals surface area contributed by atoms with Crippen LogP contribution in [0.1, 0.15) is 251 Å². The zero-order valence-corrected chi connectivity index (χ0v) is 75.1. The number of ether oxygens (including phenoxy) is 10. The van der Waals surface area contributed by atoms with E-state index in [-0.39, 0.29) is 19.4 Å². The van der Waals surface area contributed by atoms with E-state index in [1.54, 1.807) is 0 Å². The van der Waals surface area contributed by atoms with Crippen molar-refractivity contribution in [2.75, 3.05) is 52.8 Å². The Kier molecular flexibility index (Phi) is 54.0. The molecule has 5 aliphatic heterocycles. The lowest BCUT2D eigenvalue weighted by Crippen LogP contribution is -2.69. The van der Waals surface area contributed by atoms with Gasteiger partial charge in [-0.05, 0) is 12.8 Å². The number of rotatable bonds is 65. The molecule has 36 atom stereocenters. The van der Waals surface area contributed by atoms with Crippen molar-refractivity contribution in [2.24, 2.45) is 11.5 Å². The number of hydrogen-bond donors (Lipinski definition) is 25. The van der Waals surface area contributed by atoms with Gasteiger partial charge in [0.2, 0.25) is 5.91 Å². The van der Waals surface area contributed by atoms with E-state index in [0.717, 1.165) is 70.6 Å². The topological polar surface area (TPSA) is 690 Å². The monoisotopic (exact) mass is 1870 g/mol. The number of phosphoric acid groups is 2. The largest absolute Gasteiger partial charge is 0.472 e. The second-order valence-electron chi connectivity index (χ2n) is 34.6. The van der Waals surface area contributed by atoms with Gasteiger partial charge in [-0.15, -0.1) is 0 Å². The minimum absolute atomic E-state index is 0.00910. The smallest absolute Gasteiger partial charge is 0.394 e. The molecule has 0 aromatic carbocycles. The summed E-state index contributed by atoms with van der Waals surface area (Å²) in [4.78, 5) is 35.3. The van der Waals surface area contributed by atoms with E-state index in [0.29, 0.717) is 12.8 Å². The molecule has 44 heteroatoms. The molecule has 1 amide bonds. The fraction of sp³-hybridized carbons (Fsp3) is 0.988. The summed E-state index contributed by atoms with van der Waals surface area (Å²) in [5, 5.41) is 225. The first-order valence-corrected chi connectivity index (χ1v) is 49.1. The molecule has 6 rings (SSSR count). The van der Waals surface area contributed by atoms with E-state index in [1.807, 2.05) is 0 Å². The van der Waals surface area contributed by atoms with Crippen LogP contribution in [-0.2, 0) is 79.4 Å². The molecule has 0 bridgehead atoms. The van der Waals surface area contributed by atoms with Gasteiger partial charge in [0.05, 0.1) is 64.4 Å². The molecule has 0 aromatic rings. The van der Waals surface area contributed by atoms with Crippen molar-refractivity contribution in [3.8, 4) is 0 Å². The molecule has 5 saturated heterocycles. The van der Waals surface area contributed by atoms with Crippen LogP contribution in [0, 0.1) is 0 Å². The molecule has 126 heavy (non-hydrogen) atoms. The van der Waals surface area contributed by atoms with Crippen LogP contribution in [-0.4, -0.2) is 379 Å². The first-order chi connectivity index (χ1) is 60.2. The van der Waals surface area contributed by atoms with Crippen LogP contribution in [0.3, 0.4) is 0 Å². The maximum Gasteiger partial charge on any atom is 0.472 e. The molecule has 6 fully saturated rings. The quantitative estimate of drug-likeness (QED) is 0.0261. The lowest BCUT2D eigenvalue weighted by Gasteiger charge is -2.49. The van der Waals surface area contributed by atoms with Crippen molar-refractivity contribution in [1.29, 1.82) is 0 Å². The highest BCUT2D eigenvalue weighted by atomic mass is 31.2. The van der Waals surface area contributed by atoms with Crippen LogP contribution < -0.4 is 16.8 Å². The van der Waals surface area contributed by atoms with Crippen LogP contribution >= 0.6 is 15.6 Å². The van der Waals surface area contributed by atoms with Gasteiger partial charge in [-0.1, -0.05) is 232 Å². The van der Waals surface area contributed by atoms with Gasteiger partial charge in [-0.2, -0.15) is 0 Å². The number of phosphoric ester groups is 2. The van der Waals surface area contributed by atoms with Gasteiger partial charge < -0.3 is 176 Å². The predicted molar refractivity (Wildman–Crippen MR) is 446 cm³/mol. The van der Waals surface area contributed by atoms with E-state index in [9.17, 15) is 126 Å². The average Bonchev–Trinajstić information content (AvgIpc) is 0.770. The molecule has 1 saturated carbocycles. The summed E-state index contributed by atoms with van der Waals surface area (Å²) in [5.74, 6) is -0.571. The zero-order chi connectivity index (χ0) is 92.6. The summed E-state index contributed by atoms with van der Waals surface area (Å²) >= 11 is 0. The van der Waals surface area contributed by atoms with E-state index in [4.69, 9.17) is 76.9 Å². The first kappa shape index (κ1) is 113. The van der Waals surface area contributed by atoms with E-state index >= 15 is 0 Å². The summed E-state index contributed by atoms with van der Waals surface area (Å²) in [7, 11) is -10.7. The summed E-state index contributed by atoms with van der Waals surface area (Å²) in [6.45, 7) is -2.65. The molecule has 2 unspecified atom stereocenters. The molecule has 5 heterocycles. The number of hydrogen-bond acceptors (Lipinski definition) is 39. The number of aliphatic hydroxyl groups is 20. The van der Waals surface area contributed by atoms with Gasteiger partial charge in [0.25, 0.3) is 0 Å². The fourth-order valence-corrected chi connectivity index (χ4v) is 18.3. The third-order valence-electron chi connectivity index (χ3n) is 24.5. The second kappa shape index (κ2) is 60.1. The van der Waals surface area contributed by atoms with Crippen molar-refractivity contribution < 1.29 is 191 Å². The Labute approximate surface area is 739 Å². The van der Waals surface area contributed by atoms with Gasteiger partial charge >= 0.3 is 15.6 Å². The highest BCUT2D eigenvalue weighted by Crippen LogP contribution is 2.49. The minimum Gasteiger partial charge on any atom is -0.394 e. The van der Waals surface area contributed by atoms with Crippen LogP contribution in [0.25, 0.3) is 0 Å². The summed E-state index contributed by atoms with van der Waals surface area (Å²) in [5.41, 5.74) is 11.8. The van der Waals surface area contributed by atoms with E-state index in [2.05, 4.69) is 19.2 Å². The van der Waals surface area contributed by atoms with Gasteiger partial charge in [-0.25, -0.2) is 9.13 Å². The number of amides is 1. The predicted octanol–water partition coefficient (Wildman–Crippen LogP) is -0.826. The number of carbonyl (C=O) groups excluding carboxylic acids is 1. The molecule has 42 nitrogen and oxygen atoms in total. The number of nitrogens with one attached hydrogen (secondary N) is 1. The van der Waals surface area contributed by atoms with Gasteiger partial charge in [0.1, 0.15) is 159 Å². The third-order valence-corrected chi connectivity index (χ3v) is 26.5. The fourth-order valence-electron chi connectivity index (χ4n) is 16.6. The third kappa shape index (κ3) is 36.5. The number of nitrogens with two attached hydrogens (primary N) is 2. The highest BCUT2D eigenvalue weighted by molar-refractivity contribution is 7.47. The number of unbranched alkanes of at least 4 members (excludes halogenated alkanes) is 33. The Morgan fingerprint density at radius 1 is 0.365 bits per heavy atom. The van der Waals surface area contributed by atoms with Gasteiger partial charge in [-0.3, -0.25) is 22.9 Å². The summed E-state index contributed by atoms with van der Waals surface area (Å²) < 4.78 is 106. The van der Waals surface area contributed by atoms with Crippen LogP contribution in [0.5, 0.6) is 0 Å². The zero-order valence-electron chi connectivity index (χ0n) is 73.3. The molecule has 0 spiro atoms. The molecular formula is C82H157N3O39P2. The molecule has 6 aliphatic rings. The molecule has 0 radical (unpaired) electrons. The highest BCUT2D eigenvalue weighted by Gasteiger charge is 2.59. The second-order valence-corrected chi connectivity index (χ2v) is 37.5. The van der Waals surface area contributed by atoms with E-state index in [1.165, 1.54) is 141 Å². The number of carbonyl (C=O) groups is 1. The Balaban J connectivity index is 1.08. The Bertz CT molecular complexity index is 2970. The summed E-state index contributed by atoms with van der Waals surface area (Å²) in [6.07, 6.45) is -27.6. The molecule has 1 aliphatic carbocycles. The standard InChI is InChI=1S/C82H157N3O39P2/c1-3-5-7-9-11-13-15-17-18-19-20-21-22-23-24-25-26-27-29-31-33-35-37-39-55(90)85-48(57(91)49(89)38-36-34-32-30-28-16-14-12-10-8-6-4-2)45-113-126(109,110)124-75-70(104)66(100)65(99)69(103)74(75)121-78-56(84)62(96)73(52(44-88)117-78)120-80-72(106)64(98)60(94)53(118-80)46-111-81-76(67(101)59(93)51(43-87)116-81)123-82-77(122-79-71(105)63(97)58(92)50(42-86)115-79)68(102)61(95)54(119-82)47-114-125(107,108)112-41-40-83/h48-54,56-82,86-89,91-106H,3-47,83-84H2,1-2H3,(H,85,90)(H,107,108)(H,109,110)/t48-,49+,50+,51+,52+,53+,54+,56+,57+,58+,59+,60+,61+,62+,63-,64-,65+,66+,67-,68-,69-,70+,71-,72-,73+,74+,75+,76-,77-,78+,79+,80+,81-,82+/m0/s1. The SMILES string of the molecule is CCCCCCCCCCCCCCCCCCCCCCCCCC(=O)N[C@@H](COP(=O)(O)O[C@@H]1[C@H](O)[C@H](O)[C@@H](O)[C@H](O)[C@H]1O[C@H]1O[C@H](CO)[C@@H](O[C@H]2O[C@H](CO[C@H]3O[C@H](CO)[C@@H](O)[C@H](O)[C@@H]3O[C@H]3O[C@H](COP(=O)(O)OCCN)[C@@H](O)[C@H](O)[C@@H]3O[C@H]3O[C@H](CO)[C@@H](O)[C@H](O)[C@@H]3O)[C@@H](O)[C@H](O)[C@@H]2O)[C@H](O)[C@H]1N)[C@@H](O)[C@H](O)CCCCCCCCCCCCCC. The van der Waals surface area contributed by atoms with Crippen LogP contribution in [0.4, 0.5) is 0 Å². The maximum absolute atomic E-state index is 14.2. The molecule has 27 N–H and O–H groups in total. The van der Waals surface area contributed by atoms with Crippen molar-refractivity contribution in [3.05, 3.63) is 0 Å². The molecule has 744 valence electrons. The minimum atomic E-state index is -5.68. The van der Waals surface area contributed by atoms with E-state index < -0.39 is 276 Å². The maximum atomic E-state index is 14.2. The van der Waals surface area contributed by atoms with Gasteiger partial charge in [0, 0.05) is 13.0 Å². The van der Waals surface area contributed by atoms with Gasteiger partial charge in [0.15, 0.2) is 31.5 Å². The summed E-state index contributed by atoms with van der Waals surface area (Å²) in [6, 6.07) is -3.50. The first-order valence-electron chi connectivity index (χ1n) is 46.1. The van der Waals surface area contributed by atoms with Crippen LogP contribution in [0.2, 0.25) is 0 Å². The number of aliphatic hydroxyl groups excluding tert-OH is 20. The van der Waals surface area contributed by atoms with Crippen molar-refractivity contribution >= 4 is 21.6 Å².